The number of nitro benzene ring substituents is 1. The molecule has 0 saturated heterocycles. The predicted molar refractivity (Wildman–Crippen MR) is 122 cm³/mol. The second kappa shape index (κ2) is 9.47. The topological polar surface area (TPSA) is 110 Å². The number of nitrogens with one attached hydrogen (secondary N) is 1. The molecule has 0 spiro atoms. The van der Waals surface area contributed by atoms with E-state index in [2.05, 4.69) is 5.32 Å². The van der Waals surface area contributed by atoms with Gasteiger partial charge in [-0.15, -0.1) is 0 Å². The molecule has 8 nitrogen and oxygen atoms in total. The summed E-state index contributed by atoms with van der Waals surface area (Å²) >= 11 is 0. The number of amides is 1. The average molecular weight is 448 g/mol. The number of anilines is 1. The van der Waals surface area contributed by atoms with Gasteiger partial charge in [0.15, 0.2) is 0 Å². The number of hydrogen-bond acceptors (Lipinski definition) is 5. The van der Waals surface area contributed by atoms with E-state index in [1.165, 1.54) is 25.1 Å². The standard InChI is InChI=1S/C22H29N3O5S/c1-7-20(18-10-8-14(2)16(4)12-18)23-22(26)17(5)24(31(6,29)30)21-13-19(25(27)28)11-9-15(21)3/h8-13,17,20H,7H2,1-6H3,(H,23,26)/t17-,20+/m1/s1. The Morgan fingerprint density at radius 2 is 1.71 bits per heavy atom. The number of nitro groups is 1. The van der Waals surface area contributed by atoms with Crippen LogP contribution in [-0.4, -0.2) is 31.5 Å². The molecule has 1 N–H and O–H groups in total. The van der Waals surface area contributed by atoms with Crippen LogP contribution in [0.5, 0.6) is 0 Å². The monoisotopic (exact) mass is 447 g/mol. The molecular formula is C22H29N3O5S. The number of hydrogen-bond donors (Lipinski definition) is 1. The third-order valence-electron chi connectivity index (χ3n) is 5.39. The Bertz CT molecular complexity index is 1100. The molecule has 168 valence electrons. The van der Waals surface area contributed by atoms with Gasteiger partial charge < -0.3 is 5.32 Å². The highest BCUT2D eigenvalue weighted by molar-refractivity contribution is 7.92. The van der Waals surface area contributed by atoms with Crippen molar-refractivity contribution in [3.05, 3.63) is 68.8 Å². The van der Waals surface area contributed by atoms with Gasteiger partial charge in [-0.1, -0.05) is 31.2 Å². The Balaban J connectivity index is 2.40. The van der Waals surface area contributed by atoms with Crippen molar-refractivity contribution < 1.29 is 18.1 Å². The molecule has 0 aromatic heterocycles. The van der Waals surface area contributed by atoms with E-state index in [1.54, 1.807) is 6.92 Å². The van der Waals surface area contributed by atoms with E-state index < -0.39 is 26.9 Å². The fraction of sp³-hybridized carbons (Fsp3) is 0.409. The van der Waals surface area contributed by atoms with Crippen LogP contribution in [0, 0.1) is 30.9 Å². The number of carbonyl (C=O) groups excluding carboxylic acids is 1. The van der Waals surface area contributed by atoms with Gasteiger partial charge in [0.1, 0.15) is 6.04 Å². The van der Waals surface area contributed by atoms with Crippen molar-refractivity contribution in [1.29, 1.82) is 0 Å². The summed E-state index contributed by atoms with van der Waals surface area (Å²) in [4.78, 5) is 23.7. The summed E-state index contributed by atoms with van der Waals surface area (Å²) in [5.41, 5.74) is 3.55. The number of sulfonamides is 1. The summed E-state index contributed by atoms with van der Waals surface area (Å²) < 4.78 is 26.1. The fourth-order valence-electron chi connectivity index (χ4n) is 3.42. The van der Waals surface area contributed by atoms with Crippen molar-refractivity contribution in [3.8, 4) is 0 Å². The first kappa shape index (κ1) is 24.3. The van der Waals surface area contributed by atoms with Crippen LogP contribution >= 0.6 is 0 Å². The molecule has 0 aliphatic carbocycles. The van der Waals surface area contributed by atoms with Gasteiger partial charge in [-0.2, -0.15) is 0 Å². The second-order valence-corrected chi connectivity index (χ2v) is 9.64. The van der Waals surface area contributed by atoms with E-state index in [-0.39, 0.29) is 17.4 Å². The molecule has 1 amide bonds. The lowest BCUT2D eigenvalue weighted by Gasteiger charge is -2.30. The van der Waals surface area contributed by atoms with Crippen molar-refractivity contribution in [2.75, 3.05) is 10.6 Å². The van der Waals surface area contributed by atoms with E-state index in [1.807, 2.05) is 39.0 Å². The lowest BCUT2D eigenvalue weighted by atomic mass is 9.99. The molecule has 0 radical (unpaired) electrons. The Hall–Kier alpha value is -2.94. The zero-order valence-electron chi connectivity index (χ0n) is 18.7. The third-order valence-corrected chi connectivity index (χ3v) is 6.62. The maximum Gasteiger partial charge on any atom is 0.271 e. The highest BCUT2D eigenvalue weighted by atomic mass is 32.2. The molecule has 0 fully saturated rings. The normalized spacial score (nSPS) is 13.4. The van der Waals surface area contributed by atoms with Crippen LogP contribution in [-0.2, 0) is 14.8 Å². The highest BCUT2D eigenvalue weighted by Gasteiger charge is 2.32. The molecule has 0 aliphatic rings. The molecule has 0 heterocycles. The number of carbonyl (C=O) groups is 1. The second-order valence-electron chi connectivity index (χ2n) is 7.78. The maximum atomic E-state index is 13.1. The van der Waals surface area contributed by atoms with Crippen LogP contribution in [0.25, 0.3) is 0 Å². The molecule has 9 heteroatoms. The van der Waals surface area contributed by atoms with Crippen LogP contribution in [0.3, 0.4) is 0 Å². The molecule has 31 heavy (non-hydrogen) atoms. The van der Waals surface area contributed by atoms with E-state index in [9.17, 15) is 23.3 Å². The Labute approximate surface area is 183 Å². The van der Waals surface area contributed by atoms with E-state index >= 15 is 0 Å². The number of aryl methyl sites for hydroxylation is 3. The minimum Gasteiger partial charge on any atom is -0.347 e. The summed E-state index contributed by atoms with van der Waals surface area (Å²) in [7, 11) is -3.90. The molecule has 0 bridgehead atoms. The third kappa shape index (κ3) is 5.61. The minimum atomic E-state index is -3.90. The lowest BCUT2D eigenvalue weighted by Crippen LogP contribution is -2.48. The summed E-state index contributed by atoms with van der Waals surface area (Å²) in [6.07, 6.45) is 1.60. The van der Waals surface area contributed by atoms with Gasteiger partial charge in [0.25, 0.3) is 5.69 Å². The molecule has 2 atom stereocenters. The summed E-state index contributed by atoms with van der Waals surface area (Å²) in [5.74, 6) is -0.485. The lowest BCUT2D eigenvalue weighted by molar-refractivity contribution is -0.384. The minimum absolute atomic E-state index is 0.110. The number of rotatable bonds is 8. The quantitative estimate of drug-likeness (QED) is 0.487. The number of non-ortho nitro benzene ring substituents is 1. The van der Waals surface area contributed by atoms with Gasteiger partial charge in [0.2, 0.25) is 15.9 Å². The van der Waals surface area contributed by atoms with E-state index in [0.29, 0.717) is 12.0 Å². The molecule has 0 aliphatic heterocycles. The van der Waals surface area contributed by atoms with Crippen molar-refractivity contribution in [3.63, 3.8) is 0 Å². The Morgan fingerprint density at radius 1 is 1.10 bits per heavy atom. The maximum absolute atomic E-state index is 13.1. The molecule has 2 rings (SSSR count). The number of benzene rings is 2. The fourth-order valence-corrected chi connectivity index (χ4v) is 4.65. The van der Waals surface area contributed by atoms with Crippen LogP contribution < -0.4 is 9.62 Å². The van der Waals surface area contributed by atoms with Crippen LogP contribution in [0.15, 0.2) is 36.4 Å². The number of nitrogens with zero attached hydrogens (tertiary/aromatic N) is 2. The van der Waals surface area contributed by atoms with Crippen LogP contribution in [0.2, 0.25) is 0 Å². The average Bonchev–Trinajstić information content (AvgIpc) is 2.68. The van der Waals surface area contributed by atoms with Gasteiger partial charge in [-0.3, -0.25) is 19.2 Å². The first-order valence-corrected chi connectivity index (χ1v) is 11.8. The molecular weight excluding hydrogens is 418 g/mol. The van der Waals surface area contributed by atoms with Crippen molar-refractivity contribution >= 4 is 27.3 Å². The van der Waals surface area contributed by atoms with Crippen LogP contribution in [0.1, 0.15) is 48.6 Å². The predicted octanol–water partition coefficient (Wildman–Crippen LogP) is 3.94. The van der Waals surface area contributed by atoms with E-state index in [4.69, 9.17) is 0 Å². The largest absolute Gasteiger partial charge is 0.347 e. The first-order valence-electron chi connectivity index (χ1n) is 9.98. The highest BCUT2D eigenvalue weighted by Crippen LogP contribution is 2.30. The summed E-state index contributed by atoms with van der Waals surface area (Å²) in [6, 6.07) is 8.50. The van der Waals surface area contributed by atoms with Crippen molar-refractivity contribution in [2.24, 2.45) is 0 Å². The van der Waals surface area contributed by atoms with Gasteiger partial charge >= 0.3 is 0 Å². The van der Waals surface area contributed by atoms with Crippen LogP contribution in [0.4, 0.5) is 11.4 Å². The SMILES string of the molecule is CC[C@H](NC(=O)[C@@H](C)N(c1cc([N+](=O)[O-])ccc1C)S(C)(=O)=O)c1ccc(C)c(C)c1. The van der Waals surface area contributed by atoms with Gasteiger partial charge in [-0.05, 0) is 56.4 Å². The van der Waals surface area contributed by atoms with Gasteiger partial charge in [0, 0.05) is 12.1 Å². The molecule has 0 saturated carbocycles. The Morgan fingerprint density at radius 3 is 2.23 bits per heavy atom. The Kier molecular flexibility index (Phi) is 7.43. The van der Waals surface area contributed by atoms with Gasteiger partial charge in [-0.25, -0.2) is 8.42 Å². The molecule has 0 unspecified atom stereocenters. The smallest absolute Gasteiger partial charge is 0.271 e. The van der Waals surface area contributed by atoms with Crippen molar-refractivity contribution in [2.45, 2.75) is 53.1 Å². The van der Waals surface area contributed by atoms with Gasteiger partial charge in [0.05, 0.1) is 22.9 Å². The summed E-state index contributed by atoms with van der Waals surface area (Å²) in [5, 5.41) is 14.1. The van der Waals surface area contributed by atoms with E-state index in [0.717, 1.165) is 27.3 Å². The molecule has 2 aromatic carbocycles. The first-order chi connectivity index (χ1) is 14.4. The summed E-state index contributed by atoms with van der Waals surface area (Å²) in [6.45, 7) is 9.05. The molecule has 2 aromatic rings. The zero-order chi connectivity index (χ0) is 23.5. The van der Waals surface area contributed by atoms with Crippen molar-refractivity contribution in [1.82, 2.24) is 5.32 Å². The zero-order valence-corrected chi connectivity index (χ0v) is 19.5.